The van der Waals surface area contributed by atoms with Crippen molar-refractivity contribution in [2.45, 2.75) is 31.7 Å². The van der Waals surface area contributed by atoms with Gasteiger partial charge in [0, 0.05) is 6.54 Å². The van der Waals surface area contributed by atoms with Gasteiger partial charge < -0.3 is 14.7 Å². The second-order valence-corrected chi connectivity index (χ2v) is 5.42. The predicted molar refractivity (Wildman–Crippen MR) is 82.7 cm³/mol. The fourth-order valence-corrected chi connectivity index (χ4v) is 2.90. The molecule has 116 valence electrons. The van der Waals surface area contributed by atoms with Crippen molar-refractivity contribution < 1.29 is 14.7 Å². The van der Waals surface area contributed by atoms with E-state index in [1.165, 1.54) is 5.56 Å². The molecule has 0 amide bonds. The molecule has 1 aliphatic rings. The van der Waals surface area contributed by atoms with Crippen LogP contribution in [0, 0.1) is 0 Å². The highest BCUT2D eigenvalue weighted by atomic mass is 16.5. The first-order chi connectivity index (χ1) is 10.2. The molecule has 21 heavy (non-hydrogen) atoms. The minimum Gasteiger partial charge on any atom is -0.493 e. The molecule has 1 N–H and O–H groups in total. The average Bonchev–Trinajstić information content (AvgIpc) is 3.00. The van der Waals surface area contributed by atoms with Crippen molar-refractivity contribution in [3.63, 3.8) is 0 Å². The van der Waals surface area contributed by atoms with Crippen molar-refractivity contribution in [1.29, 1.82) is 0 Å². The Morgan fingerprint density at radius 3 is 2.71 bits per heavy atom. The van der Waals surface area contributed by atoms with E-state index in [0.29, 0.717) is 0 Å². The molecule has 5 nitrogen and oxygen atoms in total. The quantitative estimate of drug-likeness (QED) is 0.647. The lowest BCUT2D eigenvalue weighted by Gasteiger charge is -2.24. The van der Waals surface area contributed by atoms with Gasteiger partial charge in [0.2, 0.25) is 0 Å². The molecule has 1 aromatic carbocycles. The standard InChI is InChI=1S/C16H24N2O3/c1-18(14-6-4-5-13(14)17-19)10-9-12-7-8-15(20-2)16(11-12)21-3/h7-8,11,14,19H,4-6,9-10H2,1-3H3/b17-13-. The van der Waals surface area contributed by atoms with Gasteiger partial charge in [0.25, 0.3) is 0 Å². The zero-order valence-electron chi connectivity index (χ0n) is 13.0. The van der Waals surface area contributed by atoms with Crippen molar-refractivity contribution in [3.05, 3.63) is 23.8 Å². The smallest absolute Gasteiger partial charge is 0.160 e. The number of benzene rings is 1. The van der Waals surface area contributed by atoms with Crippen LogP contribution in [0.5, 0.6) is 11.5 Å². The van der Waals surface area contributed by atoms with E-state index in [1.807, 2.05) is 12.1 Å². The van der Waals surface area contributed by atoms with Crippen molar-refractivity contribution in [2.75, 3.05) is 27.8 Å². The van der Waals surface area contributed by atoms with Gasteiger partial charge in [-0.05, 0) is 50.4 Å². The average molecular weight is 292 g/mol. The molecular formula is C16H24N2O3. The van der Waals surface area contributed by atoms with Crippen LogP contribution < -0.4 is 9.47 Å². The number of hydrogen-bond acceptors (Lipinski definition) is 5. The zero-order chi connectivity index (χ0) is 15.2. The molecule has 0 radical (unpaired) electrons. The van der Waals surface area contributed by atoms with Crippen LogP contribution in [0.2, 0.25) is 0 Å². The Balaban J connectivity index is 1.96. The third kappa shape index (κ3) is 3.67. The van der Waals surface area contributed by atoms with Gasteiger partial charge in [-0.1, -0.05) is 11.2 Å². The summed E-state index contributed by atoms with van der Waals surface area (Å²) in [6.07, 6.45) is 4.00. The van der Waals surface area contributed by atoms with Gasteiger partial charge in [0.15, 0.2) is 11.5 Å². The van der Waals surface area contributed by atoms with E-state index in [1.54, 1.807) is 14.2 Å². The minimum absolute atomic E-state index is 0.273. The van der Waals surface area contributed by atoms with E-state index in [2.05, 4.69) is 23.2 Å². The van der Waals surface area contributed by atoms with E-state index >= 15 is 0 Å². The van der Waals surface area contributed by atoms with E-state index in [9.17, 15) is 0 Å². The molecule has 0 bridgehead atoms. The third-order valence-corrected chi connectivity index (χ3v) is 4.16. The molecule has 1 unspecified atom stereocenters. The Morgan fingerprint density at radius 2 is 2.05 bits per heavy atom. The Labute approximate surface area is 126 Å². The van der Waals surface area contributed by atoms with E-state index in [-0.39, 0.29) is 6.04 Å². The summed E-state index contributed by atoms with van der Waals surface area (Å²) in [6.45, 7) is 0.916. The van der Waals surface area contributed by atoms with Gasteiger partial charge in [-0.2, -0.15) is 0 Å². The van der Waals surface area contributed by atoms with Crippen LogP contribution in [-0.2, 0) is 6.42 Å². The van der Waals surface area contributed by atoms with Crippen LogP contribution in [-0.4, -0.2) is 49.7 Å². The van der Waals surface area contributed by atoms with Crippen LogP contribution in [0.1, 0.15) is 24.8 Å². The van der Waals surface area contributed by atoms with Crippen molar-refractivity contribution in [3.8, 4) is 11.5 Å². The largest absolute Gasteiger partial charge is 0.493 e. The number of likely N-dealkylation sites (N-methyl/N-ethyl adjacent to an activating group) is 1. The molecule has 0 aromatic heterocycles. The van der Waals surface area contributed by atoms with Crippen molar-refractivity contribution in [2.24, 2.45) is 5.16 Å². The SMILES string of the molecule is COc1ccc(CCN(C)C2CCC/C2=N/O)cc1OC. The number of oxime groups is 1. The van der Waals surface area contributed by atoms with Crippen LogP contribution >= 0.6 is 0 Å². The number of methoxy groups -OCH3 is 2. The molecule has 0 heterocycles. The Bertz CT molecular complexity index is 502. The van der Waals surface area contributed by atoms with Gasteiger partial charge in [-0.3, -0.25) is 4.90 Å². The summed E-state index contributed by atoms with van der Waals surface area (Å²) in [6, 6.07) is 6.28. The summed E-state index contributed by atoms with van der Waals surface area (Å²) in [5.41, 5.74) is 2.12. The molecule has 0 saturated heterocycles. The molecule has 1 saturated carbocycles. The van der Waals surface area contributed by atoms with E-state index in [4.69, 9.17) is 14.7 Å². The van der Waals surface area contributed by atoms with Crippen LogP contribution in [0.25, 0.3) is 0 Å². The summed E-state index contributed by atoms with van der Waals surface area (Å²) >= 11 is 0. The topological polar surface area (TPSA) is 54.3 Å². The highest BCUT2D eigenvalue weighted by Gasteiger charge is 2.26. The lowest BCUT2D eigenvalue weighted by Crippen LogP contribution is -2.36. The normalized spacial score (nSPS) is 20.2. The maximum atomic E-state index is 9.03. The Morgan fingerprint density at radius 1 is 1.29 bits per heavy atom. The molecule has 1 atom stereocenters. The predicted octanol–water partition coefficient (Wildman–Crippen LogP) is 2.56. The second kappa shape index (κ2) is 7.31. The van der Waals surface area contributed by atoms with Crippen LogP contribution in [0.15, 0.2) is 23.4 Å². The minimum atomic E-state index is 0.273. The van der Waals surface area contributed by atoms with E-state index in [0.717, 1.165) is 49.4 Å². The summed E-state index contributed by atoms with van der Waals surface area (Å²) in [4.78, 5) is 2.26. The van der Waals surface area contributed by atoms with Gasteiger partial charge in [0.1, 0.15) is 0 Å². The molecule has 0 spiro atoms. The summed E-state index contributed by atoms with van der Waals surface area (Å²) in [5, 5.41) is 12.5. The molecule has 1 aromatic rings. The van der Waals surface area contributed by atoms with Crippen LogP contribution in [0.4, 0.5) is 0 Å². The first-order valence-corrected chi connectivity index (χ1v) is 7.31. The molecule has 1 fully saturated rings. The highest BCUT2D eigenvalue weighted by Crippen LogP contribution is 2.28. The van der Waals surface area contributed by atoms with Crippen LogP contribution in [0.3, 0.4) is 0 Å². The molecule has 5 heteroatoms. The Hall–Kier alpha value is -1.75. The van der Waals surface area contributed by atoms with Crippen molar-refractivity contribution >= 4 is 5.71 Å². The molecule has 1 aliphatic carbocycles. The summed E-state index contributed by atoms with van der Waals surface area (Å²) in [7, 11) is 5.37. The fraction of sp³-hybridized carbons (Fsp3) is 0.562. The number of hydrogen-bond donors (Lipinski definition) is 1. The summed E-state index contributed by atoms with van der Waals surface area (Å²) < 4.78 is 10.6. The fourth-order valence-electron chi connectivity index (χ4n) is 2.90. The van der Waals surface area contributed by atoms with Gasteiger partial charge in [0.05, 0.1) is 26.0 Å². The maximum Gasteiger partial charge on any atom is 0.160 e. The molecule has 2 rings (SSSR count). The Kier molecular flexibility index (Phi) is 5.44. The zero-order valence-corrected chi connectivity index (χ0v) is 13.0. The lowest BCUT2D eigenvalue weighted by molar-refractivity contribution is 0.280. The monoisotopic (exact) mass is 292 g/mol. The first kappa shape index (κ1) is 15.6. The van der Waals surface area contributed by atoms with Gasteiger partial charge in [-0.15, -0.1) is 0 Å². The third-order valence-electron chi connectivity index (χ3n) is 4.16. The van der Waals surface area contributed by atoms with Gasteiger partial charge in [-0.25, -0.2) is 0 Å². The lowest BCUT2D eigenvalue weighted by atomic mass is 10.1. The number of ether oxygens (including phenoxy) is 2. The maximum absolute atomic E-state index is 9.03. The molecule has 0 aliphatic heterocycles. The van der Waals surface area contributed by atoms with E-state index < -0.39 is 0 Å². The second-order valence-electron chi connectivity index (χ2n) is 5.42. The van der Waals surface area contributed by atoms with Crippen molar-refractivity contribution in [1.82, 2.24) is 4.90 Å². The summed E-state index contributed by atoms with van der Waals surface area (Å²) in [5.74, 6) is 1.51. The number of rotatable bonds is 6. The number of nitrogens with zero attached hydrogens (tertiary/aromatic N) is 2. The molecular weight excluding hydrogens is 268 g/mol. The van der Waals surface area contributed by atoms with Gasteiger partial charge >= 0.3 is 0 Å². The first-order valence-electron chi connectivity index (χ1n) is 7.31. The highest BCUT2D eigenvalue weighted by molar-refractivity contribution is 5.90.